The number of aromatic nitrogens is 1. The molecule has 3 rings (SSSR count). The molecule has 0 spiro atoms. The third-order valence-electron chi connectivity index (χ3n) is 5.98. The highest BCUT2D eigenvalue weighted by Gasteiger charge is 2.21. The summed E-state index contributed by atoms with van der Waals surface area (Å²) in [6.07, 6.45) is 1.16. The van der Waals surface area contributed by atoms with E-state index in [-0.39, 0.29) is 0 Å². The fourth-order valence-electron chi connectivity index (χ4n) is 4.55. The van der Waals surface area contributed by atoms with Crippen molar-refractivity contribution in [2.75, 3.05) is 0 Å². The van der Waals surface area contributed by atoms with E-state index >= 15 is 0 Å². The van der Waals surface area contributed by atoms with Gasteiger partial charge in [0.25, 0.3) is 0 Å². The summed E-state index contributed by atoms with van der Waals surface area (Å²) in [6, 6.07) is 2.36. The fourth-order valence-corrected chi connectivity index (χ4v) is 4.55. The highest BCUT2D eigenvalue weighted by atomic mass is 14.9. The molecule has 0 aliphatic heterocycles. The topological polar surface area (TPSA) is 4.93 Å². The smallest absolute Gasteiger partial charge is 0.0524 e. The van der Waals surface area contributed by atoms with Crippen molar-refractivity contribution in [2.45, 2.75) is 61.8 Å². The molecule has 0 saturated carbocycles. The van der Waals surface area contributed by atoms with Crippen LogP contribution in [0, 0.1) is 47.5 Å². The van der Waals surface area contributed by atoms with Crippen molar-refractivity contribution in [1.29, 1.82) is 0 Å². The van der Waals surface area contributed by atoms with Crippen molar-refractivity contribution in [3.63, 3.8) is 0 Å². The predicted molar refractivity (Wildman–Crippen MR) is 107 cm³/mol. The molecule has 1 heterocycles. The largest absolute Gasteiger partial charge is 0.343 e. The Balaban J connectivity index is 2.63. The molecule has 0 atom stereocenters. The summed E-state index contributed by atoms with van der Waals surface area (Å²) in [4.78, 5) is 0. The molecule has 0 N–H and O–H groups in total. The van der Waals surface area contributed by atoms with E-state index in [4.69, 9.17) is 0 Å². The highest BCUT2D eigenvalue weighted by Crippen LogP contribution is 2.40. The highest BCUT2D eigenvalue weighted by molar-refractivity contribution is 6.14. The minimum absolute atomic E-state index is 0.680. The maximum absolute atomic E-state index is 2.44. The van der Waals surface area contributed by atoms with Crippen LogP contribution in [0.5, 0.6) is 0 Å². The van der Waals surface area contributed by atoms with Crippen LogP contribution in [-0.4, -0.2) is 4.57 Å². The number of hydrogen-bond acceptors (Lipinski definition) is 0. The molecule has 0 amide bonds. The molecule has 0 aliphatic carbocycles. The first-order chi connectivity index (χ1) is 11.2. The first-order valence-electron chi connectivity index (χ1n) is 9.14. The van der Waals surface area contributed by atoms with Gasteiger partial charge in [-0.25, -0.2) is 0 Å². The quantitative estimate of drug-likeness (QED) is 0.516. The van der Waals surface area contributed by atoms with Crippen LogP contribution in [0.15, 0.2) is 6.07 Å². The summed E-state index contributed by atoms with van der Waals surface area (Å²) in [6.45, 7) is 18.3. The molecule has 2 aromatic carbocycles. The average molecular weight is 322 g/mol. The second-order valence-corrected chi connectivity index (χ2v) is 8.09. The van der Waals surface area contributed by atoms with Gasteiger partial charge in [-0.05, 0) is 92.8 Å². The minimum Gasteiger partial charge on any atom is -0.343 e. The van der Waals surface area contributed by atoms with Crippen LogP contribution in [0.4, 0.5) is 0 Å². The monoisotopic (exact) mass is 321 g/mol. The number of aryl methyl sites for hydroxylation is 6. The molecular formula is C23H31N. The van der Waals surface area contributed by atoms with Crippen molar-refractivity contribution in [1.82, 2.24) is 4.57 Å². The van der Waals surface area contributed by atoms with Crippen LogP contribution in [0.3, 0.4) is 0 Å². The SMILES string of the molecule is Cc1cc(C)c2c3c(C)c(CC(C)C)c(C)c(C)c3n(C)c2c1C. The van der Waals surface area contributed by atoms with Crippen LogP contribution in [-0.2, 0) is 13.5 Å². The lowest BCUT2D eigenvalue weighted by atomic mass is 9.88. The van der Waals surface area contributed by atoms with Gasteiger partial charge >= 0.3 is 0 Å². The Labute approximate surface area is 146 Å². The van der Waals surface area contributed by atoms with Crippen LogP contribution in [0.2, 0.25) is 0 Å². The Morgan fingerprint density at radius 1 is 0.750 bits per heavy atom. The summed E-state index contributed by atoms with van der Waals surface area (Å²) in [5.41, 5.74) is 13.0. The van der Waals surface area contributed by atoms with Crippen LogP contribution < -0.4 is 0 Å². The van der Waals surface area contributed by atoms with E-state index in [1.807, 2.05) is 0 Å². The van der Waals surface area contributed by atoms with E-state index in [1.54, 1.807) is 5.56 Å². The first kappa shape index (κ1) is 17.1. The van der Waals surface area contributed by atoms with Crippen LogP contribution in [0.1, 0.15) is 52.8 Å². The molecule has 1 aromatic heterocycles. The number of hydrogen-bond donors (Lipinski definition) is 0. The van der Waals surface area contributed by atoms with E-state index in [9.17, 15) is 0 Å². The van der Waals surface area contributed by atoms with Crippen molar-refractivity contribution < 1.29 is 0 Å². The molecule has 0 unspecified atom stereocenters. The molecule has 0 saturated heterocycles. The Kier molecular flexibility index (Phi) is 4.02. The number of fused-ring (bicyclic) bond motifs is 3. The van der Waals surface area contributed by atoms with Gasteiger partial charge in [0, 0.05) is 17.8 Å². The lowest BCUT2D eigenvalue weighted by molar-refractivity contribution is 0.643. The third-order valence-corrected chi connectivity index (χ3v) is 5.98. The van der Waals surface area contributed by atoms with Crippen LogP contribution in [0.25, 0.3) is 21.8 Å². The summed E-state index contributed by atoms with van der Waals surface area (Å²) in [5.74, 6) is 0.680. The van der Waals surface area contributed by atoms with E-state index < -0.39 is 0 Å². The Hall–Kier alpha value is -1.76. The van der Waals surface area contributed by atoms with Gasteiger partial charge in [0.05, 0.1) is 11.0 Å². The summed E-state index contributed by atoms with van der Waals surface area (Å²) >= 11 is 0. The predicted octanol–water partition coefficient (Wildman–Crippen LogP) is 6.38. The van der Waals surface area contributed by atoms with Gasteiger partial charge in [-0.3, -0.25) is 0 Å². The maximum atomic E-state index is 2.44. The van der Waals surface area contributed by atoms with Crippen LogP contribution >= 0.6 is 0 Å². The molecule has 0 bridgehead atoms. The van der Waals surface area contributed by atoms with Crippen molar-refractivity contribution in [3.8, 4) is 0 Å². The summed E-state index contributed by atoms with van der Waals surface area (Å²) < 4.78 is 2.44. The molecule has 0 radical (unpaired) electrons. The maximum Gasteiger partial charge on any atom is 0.0524 e. The lowest BCUT2D eigenvalue weighted by Gasteiger charge is -2.17. The van der Waals surface area contributed by atoms with Gasteiger partial charge in [0.15, 0.2) is 0 Å². The third kappa shape index (κ3) is 2.21. The molecular weight excluding hydrogens is 290 g/mol. The molecule has 128 valence electrons. The van der Waals surface area contributed by atoms with Gasteiger partial charge in [0.2, 0.25) is 0 Å². The Morgan fingerprint density at radius 2 is 1.33 bits per heavy atom. The van der Waals surface area contributed by atoms with E-state index in [0.717, 1.165) is 6.42 Å². The second kappa shape index (κ2) is 5.65. The van der Waals surface area contributed by atoms with Gasteiger partial charge in [-0.1, -0.05) is 19.9 Å². The lowest BCUT2D eigenvalue weighted by Crippen LogP contribution is -2.03. The zero-order valence-corrected chi connectivity index (χ0v) is 16.8. The van der Waals surface area contributed by atoms with Crippen molar-refractivity contribution >= 4 is 21.8 Å². The van der Waals surface area contributed by atoms with Crippen molar-refractivity contribution in [2.24, 2.45) is 13.0 Å². The molecule has 24 heavy (non-hydrogen) atoms. The normalized spacial score (nSPS) is 12.1. The fraction of sp³-hybridized carbons (Fsp3) is 0.478. The number of rotatable bonds is 2. The molecule has 0 fully saturated rings. The standard InChI is InChI=1S/C23H31N/c1-12(2)10-19-16(6)17(7)23-21(18(19)8)20-14(4)11-13(3)15(5)22(20)24(23)9/h11-12H,10H2,1-9H3. The Bertz CT molecular complexity index is 968. The number of benzene rings is 2. The molecule has 3 aromatic rings. The molecule has 1 nitrogen and oxygen atoms in total. The van der Waals surface area contributed by atoms with Gasteiger partial charge in [-0.15, -0.1) is 0 Å². The van der Waals surface area contributed by atoms with Crippen molar-refractivity contribution in [3.05, 3.63) is 45.0 Å². The second-order valence-electron chi connectivity index (χ2n) is 8.09. The average Bonchev–Trinajstić information content (AvgIpc) is 2.81. The zero-order chi connectivity index (χ0) is 17.9. The van der Waals surface area contributed by atoms with Gasteiger partial charge < -0.3 is 4.57 Å². The van der Waals surface area contributed by atoms with E-state index in [2.05, 4.69) is 73.1 Å². The minimum atomic E-state index is 0.680. The summed E-state index contributed by atoms with van der Waals surface area (Å²) in [5, 5.41) is 2.94. The molecule has 0 aliphatic rings. The zero-order valence-electron chi connectivity index (χ0n) is 16.8. The van der Waals surface area contributed by atoms with Gasteiger partial charge in [-0.2, -0.15) is 0 Å². The van der Waals surface area contributed by atoms with E-state index in [0.29, 0.717) is 5.92 Å². The Morgan fingerprint density at radius 3 is 1.92 bits per heavy atom. The summed E-state index contributed by atoms with van der Waals surface area (Å²) in [7, 11) is 2.24. The first-order valence-corrected chi connectivity index (χ1v) is 9.14. The van der Waals surface area contributed by atoms with E-state index in [1.165, 1.54) is 55.2 Å². The molecule has 1 heteroatoms. The number of nitrogens with zero attached hydrogens (tertiary/aromatic N) is 1. The van der Waals surface area contributed by atoms with Gasteiger partial charge in [0.1, 0.15) is 0 Å².